The Bertz CT molecular complexity index is 727. The van der Waals surface area contributed by atoms with Crippen molar-refractivity contribution < 1.29 is 33.9 Å². The number of hydrogen-bond donors (Lipinski definition) is 7. The number of nitrogens with one attached hydrogen (secondary N) is 3. The summed E-state index contributed by atoms with van der Waals surface area (Å²) >= 11 is 0. The molecule has 0 fully saturated rings. The first kappa shape index (κ1) is 28.8. The molecule has 0 spiro atoms. The van der Waals surface area contributed by atoms with Gasteiger partial charge in [-0.3, -0.25) is 24.0 Å². The van der Waals surface area contributed by atoms with Gasteiger partial charge in [-0.05, 0) is 11.8 Å². The molecule has 0 heterocycles. The third-order valence-corrected chi connectivity index (χ3v) is 4.82. The summed E-state index contributed by atoms with van der Waals surface area (Å²) in [6, 6.07) is -5.06. The number of carboxylic acid groups (broad SMARTS) is 1. The fourth-order valence-corrected chi connectivity index (χ4v) is 2.71. The summed E-state index contributed by atoms with van der Waals surface area (Å²) < 4.78 is 0. The molecule has 0 aromatic heterocycles. The standard InChI is InChI=1S/C19H34N6O7/c1-5-9(4)15(25-16(28)10(20)6-12(21)26)18(30)24-14(8(2)3)17(29)23-11(19(31)32)7-13(22)27/h8-11,14-15H,5-7,20H2,1-4H3,(H2,21,26)(H2,22,27)(H,23,29)(H,24,30)(H,25,28)(H,31,32). The molecule has 182 valence electrons. The number of rotatable bonds is 14. The van der Waals surface area contributed by atoms with Crippen molar-refractivity contribution in [3.63, 3.8) is 0 Å². The molecule has 0 aromatic rings. The Balaban J connectivity index is 5.51. The number of amides is 5. The van der Waals surface area contributed by atoms with Crippen molar-refractivity contribution in [3.05, 3.63) is 0 Å². The van der Waals surface area contributed by atoms with Gasteiger partial charge in [-0.1, -0.05) is 34.1 Å². The van der Waals surface area contributed by atoms with E-state index >= 15 is 0 Å². The van der Waals surface area contributed by atoms with Crippen LogP contribution < -0.4 is 33.2 Å². The van der Waals surface area contributed by atoms with E-state index in [-0.39, 0.29) is 5.92 Å². The number of hydrogen-bond acceptors (Lipinski definition) is 7. The lowest BCUT2D eigenvalue weighted by Gasteiger charge is -2.29. The third kappa shape index (κ3) is 9.73. The number of carbonyl (C=O) groups is 6. The molecule has 32 heavy (non-hydrogen) atoms. The Hall–Kier alpha value is -3.22. The highest BCUT2D eigenvalue weighted by molar-refractivity contribution is 5.95. The van der Waals surface area contributed by atoms with E-state index in [1.807, 2.05) is 0 Å². The zero-order chi connectivity index (χ0) is 25.2. The highest BCUT2D eigenvalue weighted by atomic mass is 16.4. The highest BCUT2D eigenvalue weighted by Gasteiger charge is 2.34. The van der Waals surface area contributed by atoms with Crippen molar-refractivity contribution >= 4 is 35.5 Å². The first-order chi connectivity index (χ1) is 14.7. The van der Waals surface area contributed by atoms with E-state index in [1.54, 1.807) is 27.7 Å². The summed E-state index contributed by atoms with van der Waals surface area (Å²) in [5.74, 6) is -6.28. The first-order valence-corrected chi connectivity index (χ1v) is 10.2. The van der Waals surface area contributed by atoms with Crippen molar-refractivity contribution in [1.29, 1.82) is 0 Å². The summed E-state index contributed by atoms with van der Waals surface area (Å²) in [6.45, 7) is 6.72. The van der Waals surface area contributed by atoms with Crippen LogP contribution in [-0.2, 0) is 28.8 Å². The van der Waals surface area contributed by atoms with Gasteiger partial charge in [0.1, 0.15) is 18.1 Å². The van der Waals surface area contributed by atoms with E-state index < -0.39 is 78.4 Å². The number of primary amides is 2. The molecule has 0 rings (SSSR count). The normalized spacial score (nSPS) is 15.6. The molecule has 0 aliphatic carbocycles. The van der Waals surface area contributed by atoms with Crippen molar-refractivity contribution in [2.75, 3.05) is 0 Å². The van der Waals surface area contributed by atoms with Crippen LogP contribution in [-0.4, -0.2) is 64.8 Å². The maximum atomic E-state index is 12.9. The second-order valence-electron chi connectivity index (χ2n) is 7.95. The number of nitrogens with two attached hydrogens (primary N) is 3. The Morgan fingerprint density at radius 1 is 0.781 bits per heavy atom. The van der Waals surface area contributed by atoms with E-state index in [0.29, 0.717) is 6.42 Å². The second kappa shape index (κ2) is 13.2. The fourth-order valence-electron chi connectivity index (χ4n) is 2.71. The smallest absolute Gasteiger partial charge is 0.326 e. The molecule has 5 amide bonds. The SMILES string of the molecule is CCC(C)C(NC(=O)C(N)CC(N)=O)C(=O)NC(C(=O)NC(CC(N)=O)C(=O)O)C(C)C. The summed E-state index contributed by atoms with van der Waals surface area (Å²) in [4.78, 5) is 71.1. The van der Waals surface area contributed by atoms with Gasteiger partial charge in [0.05, 0.1) is 18.9 Å². The van der Waals surface area contributed by atoms with Gasteiger partial charge in [-0.25, -0.2) is 4.79 Å². The molecule has 13 nitrogen and oxygen atoms in total. The van der Waals surface area contributed by atoms with Crippen LogP contribution in [0.4, 0.5) is 0 Å². The minimum Gasteiger partial charge on any atom is -0.480 e. The molecule has 0 aliphatic heterocycles. The van der Waals surface area contributed by atoms with Crippen LogP contribution in [0.25, 0.3) is 0 Å². The van der Waals surface area contributed by atoms with Gasteiger partial charge in [0.25, 0.3) is 0 Å². The quantitative estimate of drug-likeness (QED) is 0.144. The Kier molecular flexibility index (Phi) is 11.9. The Labute approximate surface area is 186 Å². The number of carboxylic acids is 1. The zero-order valence-corrected chi connectivity index (χ0v) is 18.7. The third-order valence-electron chi connectivity index (χ3n) is 4.82. The average Bonchev–Trinajstić information content (AvgIpc) is 2.67. The van der Waals surface area contributed by atoms with Gasteiger partial charge in [0.15, 0.2) is 0 Å². The van der Waals surface area contributed by atoms with Crippen LogP contribution in [0.15, 0.2) is 0 Å². The largest absolute Gasteiger partial charge is 0.480 e. The molecule has 0 saturated carbocycles. The maximum Gasteiger partial charge on any atom is 0.326 e. The molecular formula is C19H34N6O7. The van der Waals surface area contributed by atoms with Crippen molar-refractivity contribution in [2.24, 2.45) is 29.0 Å². The second-order valence-corrected chi connectivity index (χ2v) is 7.95. The van der Waals surface area contributed by atoms with E-state index in [0.717, 1.165) is 0 Å². The predicted molar refractivity (Wildman–Crippen MR) is 113 cm³/mol. The average molecular weight is 459 g/mol. The van der Waals surface area contributed by atoms with Crippen LogP contribution >= 0.6 is 0 Å². The Morgan fingerprint density at radius 3 is 1.66 bits per heavy atom. The Morgan fingerprint density at radius 2 is 1.25 bits per heavy atom. The lowest BCUT2D eigenvalue weighted by Crippen LogP contribution is -2.60. The van der Waals surface area contributed by atoms with Crippen molar-refractivity contribution in [2.45, 2.75) is 71.1 Å². The summed E-state index contributed by atoms with van der Waals surface area (Å²) in [5.41, 5.74) is 15.7. The summed E-state index contributed by atoms with van der Waals surface area (Å²) in [7, 11) is 0. The molecule has 0 bridgehead atoms. The molecule has 0 saturated heterocycles. The van der Waals surface area contributed by atoms with Gasteiger partial charge in [-0.2, -0.15) is 0 Å². The number of aliphatic carboxylic acids is 1. The maximum absolute atomic E-state index is 12.9. The lowest BCUT2D eigenvalue weighted by atomic mass is 9.96. The zero-order valence-electron chi connectivity index (χ0n) is 18.7. The van der Waals surface area contributed by atoms with Gasteiger partial charge >= 0.3 is 5.97 Å². The van der Waals surface area contributed by atoms with Crippen LogP contribution in [0.1, 0.15) is 47.0 Å². The van der Waals surface area contributed by atoms with Gasteiger partial charge in [-0.15, -0.1) is 0 Å². The molecule has 5 unspecified atom stereocenters. The first-order valence-electron chi connectivity index (χ1n) is 10.2. The van der Waals surface area contributed by atoms with E-state index in [2.05, 4.69) is 16.0 Å². The minimum atomic E-state index is -1.56. The molecule has 5 atom stereocenters. The van der Waals surface area contributed by atoms with Crippen LogP contribution in [0, 0.1) is 11.8 Å². The number of carbonyl (C=O) groups excluding carboxylic acids is 5. The molecule has 0 radical (unpaired) electrons. The molecule has 0 aliphatic rings. The van der Waals surface area contributed by atoms with Crippen molar-refractivity contribution in [3.8, 4) is 0 Å². The van der Waals surface area contributed by atoms with E-state index in [4.69, 9.17) is 17.2 Å². The summed E-state index contributed by atoms with van der Waals surface area (Å²) in [6.07, 6.45) is -0.543. The van der Waals surface area contributed by atoms with Gasteiger partial charge < -0.3 is 38.3 Å². The molecule has 0 aromatic carbocycles. The topological polar surface area (TPSA) is 237 Å². The van der Waals surface area contributed by atoms with E-state index in [1.165, 1.54) is 0 Å². The monoisotopic (exact) mass is 458 g/mol. The molecule has 10 N–H and O–H groups in total. The van der Waals surface area contributed by atoms with Crippen molar-refractivity contribution in [1.82, 2.24) is 16.0 Å². The van der Waals surface area contributed by atoms with Gasteiger partial charge in [0, 0.05) is 0 Å². The van der Waals surface area contributed by atoms with Gasteiger partial charge in [0.2, 0.25) is 29.5 Å². The van der Waals surface area contributed by atoms with Crippen LogP contribution in [0.5, 0.6) is 0 Å². The minimum absolute atomic E-state index is 0.364. The fraction of sp³-hybridized carbons (Fsp3) is 0.684. The predicted octanol–water partition coefficient (Wildman–Crippen LogP) is -2.69. The van der Waals surface area contributed by atoms with Crippen LogP contribution in [0.3, 0.4) is 0 Å². The van der Waals surface area contributed by atoms with Crippen LogP contribution in [0.2, 0.25) is 0 Å². The van der Waals surface area contributed by atoms with E-state index in [9.17, 15) is 33.9 Å². The summed E-state index contributed by atoms with van der Waals surface area (Å²) in [5, 5.41) is 16.3. The molecular weight excluding hydrogens is 424 g/mol. The highest BCUT2D eigenvalue weighted by Crippen LogP contribution is 2.11. The lowest BCUT2D eigenvalue weighted by molar-refractivity contribution is -0.144. The molecule has 13 heteroatoms.